The van der Waals surface area contributed by atoms with Crippen LogP contribution in [0.4, 0.5) is 0 Å². The van der Waals surface area contributed by atoms with Crippen LogP contribution in [0.15, 0.2) is 36.5 Å². The van der Waals surface area contributed by atoms with Crippen molar-refractivity contribution >= 4 is 5.91 Å². The highest BCUT2D eigenvalue weighted by molar-refractivity contribution is 5.76. The lowest BCUT2D eigenvalue weighted by molar-refractivity contribution is -0.359. The molecule has 2 aliphatic heterocycles. The highest BCUT2D eigenvalue weighted by Crippen LogP contribution is 2.30. The zero-order chi connectivity index (χ0) is 55.3. The predicted octanol–water partition coefficient (Wildman–Crippen LogP) is 11.0. The number of carbonyl (C=O) groups excluding carboxylic acids is 1. The highest BCUT2D eigenvalue weighted by atomic mass is 16.7. The molecule has 0 radical (unpaired) electrons. The van der Waals surface area contributed by atoms with Gasteiger partial charge in [-0.2, -0.15) is 0 Å². The smallest absolute Gasteiger partial charge is 0.220 e. The Bertz CT molecular complexity index is 1410. The third-order valence-corrected chi connectivity index (χ3v) is 15.3. The van der Waals surface area contributed by atoms with Crippen LogP contribution >= 0.6 is 0 Å². The van der Waals surface area contributed by atoms with Gasteiger partial charge in [0.15, 0.2) is 12.6 Å². The van der Waals surface area contributed by atoms with Gasteiger partial charge in [0.1, 0.15) is 48.8 Å². The van der Waals surface area contributed by atoms with Gasteiger partial charge in [-0.3, -0.25) is 4.79 Å². The minimum Gasteiger partial charge on any atom is -0.394 e. The van der Waals surface area contributed by atoms with E-state index in [4.69, 9.17) is 18.9 Å². The normalized spacial score (nSPS) is 25.1. The van der Waals surface area contributed by atoms with E-state index in [1.165, 1.54) is 180 Å². The maximum Gasteiger partial charge on any atom is 0.220 e. The summed E-state index contributed by atoms with van der Waals surface area (Å²) in [6.45, 7) is 2.79. The van der Waals surface area contributed by atoms with Gasteiger partial charge in [0.2, 0.25) is 5.91 Å². The Hall–Kier alpha value is -1.79. The first kappa shape index (κ1) is 70.3. The molecule has 2 heterocycles. The SMILES string of the molecule is CCCCCCCCC/C=C/CC/C=C/CC/C=C/C(O)C(COC1OC(CO)C(OC2OC(CO)C(O)C(O)C2O)C(O)C1O)NC(=O)CCCCCCCCCCCCCCCCCCCCCCCCCCC. The topological polar surface area (TPSA) is 228 Å². The summed E-state index contributed by atoms with van der Waals surface area (Å²) in [5.74, 6) is -0.249. The van der Waals surface area contributed by atoms with Gasteiger partial charge in [-0.25, -0.2) is 0 Å². The average molecular weight is 1080 g/mol. The monoisotopic (exact) mass is 1080 g/mol. The van der Waals surface area contributed by atoms with Crippen molar-refractivity contribution in [3.8, 4) is 0 Å². The molecule has 9 N–H and O–H groups in total. The fourth-order valence-electron chi connectivity index (χ4n) is 10.3. The largest absolute Gasteiger partial charge is 0.394 e. The zero-order valence-corrected chi connectivity index (χ0v) is 48.0. The lowest BCUT2D eigenvalue weighted by Crippen LogP contribution is -2.65. The third kappa shape index (κ3) is 33.1. The van der Waals surface area contributed by atoms with Gasteiger partial charge in [0, 0.05) is 6.42 Å². The van der Waals surface area contributed by atoms with Crippen molar-refractivity contribution in [3.63, 3.8) is 0 Å². The summed E-state index contributed by atoms with van der Waals surface area (Å²) in [5, 5.41) is 87.1. The van der Waals surface area contributed by atoms with E-state index in [2.05, 4.69) is 43.5 Å². The van der Waals surface area contributed by atoms with Crippen molar-refractivity contribution in [3.05, 3.63) is 36.5 Å². The van der Waals surface area contributed by atoms with E-state index in [9.17, 15) is 45.6 Å². The number of aliphatic hydroxyl groups excluding tert-OH is 8. The van der Waals surface area contributed by atoms with Crippen molar-refractivity contribution in [1.82, 2.24) is 5.32 Å². The van der Waals surface area contributed by atoms with E-state index in [0.29, 0.717) is 12.8 Å². The molecule has 446 valence electrons. The van der Waals surface area contributed by atoms with Crippen LogP contribution in [-0.4, -0.2) is 140 Å². The van der Waals surface area contributed by atoms with E-state index in [-0.39, 0.29) is 18.9 Å². The quantitative estimate of drug-likeness (QED) is 0.0204. The molecule has 1 amide bonds. The Morgan fingerprint density at radius 3 is 1.29 bits per heavy atom. The third-order valence-electron chi connectivity index (χ3n) is 15.3. The van der Waals surface area contributed by atoms with Crippen LogP contribution < -0.4 is 5.32 Å². The van der Waals surface area contributed by atoms with Crippen LogP contribution in [0.5, 0.6) is 0 Å². The predicted molar refractivity (Wildman–Crippen MR) is 305 cm³/mol. The lowest BCUT2D eigenvalue weighted by atomic mass is 9.97. The number of hydrogen-bond acceptors (Lipinski definition) is 13. The molecule has 12 atom stereocenters. The number of hydrogen-bond donors (Lipinski definition) is 9. The number of rotatable bonds is 50. The number of amides is 1. The first-order valence-electron chi connectivity index (χ1n) is 31.2. The molecule has 14 nitrogen and oxygen atoms in total. The molecule has 76 heavy (non-hydrogen) atoms. The summed E-state index contributed by atoms with van der Waals surface area (Å²) >= 11 is 0. The number of unbranched alkanes of at least 4 members (excludes halogenated alkanes) is 33. The molecule has 2 fully saturated rings. The second-order valence-corrected chi connectivity index (χ2v) is 22.2. The van der Waals surface area contributed by atoms with Gasteiger partial charge in [0.25, 0.3) is 0 Å². The Morgan fingerprint density at radius 2 is 0.842 bits per heavy atom. The van der Waals surface area contributed by atoms with Gasteiger partial charge in [-0.1, -0.05) is 243 Å². The first-order valence-corrected chi connectivity index (χ1v) is 31.2. The summed E-state index contributed by atoms with van der Waals surface area (Å²) in [6, 6.07) is -0.935. The molecule has 0 aromatic rings. The fourth-order valence-corrected chi connectivity index (χ4v) is 10.3. The van der Waals surface area contributed by atoms with Crippen LogP contribution in [0.2, 0.25) is 0 Å². The van der Waals surface area contributed by atoms with E-state index < -0.39 is 86.8 Å². The Labute approximate surface area is 461 Å². The van der Waals surface area contributed by atoms with Crippen molar-refractivity contribution < 1.29 is 64.6 Å². The molecule has 2 saturated heterocycles. The van der Waals surface area contributed by atoms with Gasteiger partial charge < -0.3 is 65.1 Å². The number of nitrogens with one attached hydrogen (secondary N) is 1. The van der Waals surface area contributed by atoms with Crippen LogP contribution in [0.25, 0.3) is 0 Å². The molecule has 14 heteroatoms. The second-order valence-electron chi connectivity index (χ2n) is 22.2. The summed E-state index contributed by atoms with van der Waals surface area (Å²) in [5.41, 5.74) is 0. The average Bonchev–Trinajstić information content (AvgIpc) is 3.42. The minimum atomic E-state index is -1.79. The van der Waals surface area contributed by atoms with Crippen LogP contribution in [0.1, 0.15) is 258 Å². The first-order chi connectivity index (χ1) is 37.1. The second kappa shape index (κ2) is 48.0. The highest BCUT2D eigenvalue weighted by Gasteiger charge is 2.51. The summed E-state index contributed by atoms with van der Waals surface area (Å²) in [7, 11) is 0. The van der Waals surface area contributed by atoms with Crippen molar-refractivity contribution in [2.45, 2.75) is 331 Å². The molecular weight excluding hydrogens is 967 g/mol. The van der Waals surface area contributed by atoms with Crippen molar-refractivity contribution in [1.29, 1.82) is 0 Å². The van der Waals surface area contributed by atoms with Gasteiger partial charge in [-0.15, -0.1) is 0 Å². The molecular formula is C62H115NO13. The molecule has 0 aromatic carbocycles. The number of aliphatic hydroxyl groups is 8. The molecule has 2 aliphatic rings. The zero-order valence-electron chi connectivity index (χ0n) is 48.0. The number of allylic oxidation sites excluding steroid dienone is 5. The standard InChI is InChI=1S/C62H115NO13/c1-3-5-7-9-11-13-15-17-19-21-22-23-24-25-26-27-28-30-32-34-36-38-40-42-44-46-54(67)63-50(51(66)45-43-41-39-37-35-33-31-29-20-18-16-14-12-10-8-6-4-2)49-73-61-59(72)57(70)60(53(48-65)75-61)76-62-58(71)56(69)55(68)52(47-64)74-62/h20,29,35,37,43,45,50-53,55-62,64-66,68-72H,3-19,21-28,30-34,36,38-42,44,46-49H2,1-2H3,(H,63,67)/b29-20+,37-35+,45-43+. The minimum absolute atomic E-state index is 0.249. The number of ether oxygens (including phenoxy) is 4. The molecule has 0 saturated carbocycles. The van der Waals surface area contributed by atoms with Crippen molar-refractivity contribution in [2.24, 2.45) is 0 Å². The van der Waals surface area contributed by atoms with E-state index in [1.807, 2.05) is 6.08 Å². The Morgan fingerprint density at radius 1 is 0.461 bits per heavy atom. The summed E-state index contributed by atoms with van der Waals surface area (Å²) in [4.78, 5) is 13.3. The van der Waals surface area contributed by atoms with E-state index >= 15 is 0 Å². The maximum atomic E-state index is 13.3. The summed E-state index contributed by atoms with van der Waals surface area (Å²) in [6.07, 6.45) is 41.9. The maximum absolute atomic E-state index is 13.3. The lowest BCUT2D eigenvalue weighted by Gasteiger charge is -2.46. The van der Waals surface area contributed by atoms with Crippen LogP contribution in [0.3, 0.4) is 0 Å². The van der Waals surface area contributed by atoms with E-state index in [1.54, 1.807) is 6.08 Å². The Kier molecular flexibility index (Phi) is 44.4. The van der Waals surface area contributed by atoms with Gasteiger partial charge >= 0.3 is 0 Å². The van der Waals surface area contributed by atoms with Gasteiger partial charge in [-0.05, 0) is 44.9 Å². The van der Waals surface area contributed by atoms with Crippen LogP contribution in [0, 0.1) is 0 Å². The van der Waals surface area contributed by atoms with Gasteiger partial charge in [0.05, 0.1) is 32.0 Å². The van der Waals surface area contributed by atoms with Crippen molar-refractivity contribution in [2.75, 3.05) is 19.8 Å². The molecule has 0 aromatic heterocycles. The van der Waals surface area contributed by atoms with E-state index in [0.717, 1.165) is 44.9 Å². The Balaban J connectivity index is 1.74. The molecule has 2 rings (SSSR count). The summed E-state index contributed by atoms with van der Waals surface area (Å²) < 4.78 is 22.8. The fraction of sp³-hybridized carbons (Fsp3) is 0.887. The molecule has 12 unspecified atom stereocenters. The molecule has 0 bridgehead atoms. The molecule has 0 spiro atoms. The number of carbonyl (C=O) groups is 1. The molecule has 0 aliphatic carbocycles. The van der Waals surface area contributed by atoms with Crippen LogP contribution in [-0.2, 0) is 23.7 Å².